The predicted molar refractivity (Wildman–Crippen MR) is 104 cm³/mol. The Balaban J connectivity index is 1.67. The third-order valence-electron chi connectivity index (χ3n) is 3.86. The van der Waals surface area contributed by atoms with Gasteiger partial charge in [0.05, 0.1) is 22.4 Å². The van der Waals surface area contributed by atoms with Crippen molar-refractivity contribution in [2.45, 2.75) is 30.1 Å². The third kappa shape index (κ3) is 5.48. The molecule has 0 spiro atoms. The summed E-state index contributed by atoms with van der Waals surface area (Å²) in [6, 6.07) is 12.7. The Bertz CT molecular complexity index is 997. The molecule has 0 bridgehead atoms. The highest BCUT2D eigenvalue weighted by Crippen LogP contribution is 2.36. The molecule has 3 aromatic rings. The first-order valence-electron chi connectivity index (χ1n) is 8.38. The summed E-state index contributed by atoms with van der Waals surface area (Å²) in [6.45, 7) is 2.04. The van der Waals surface area contributed by atoms with Crippen LogP contribution in [0.1, 0.15) is 18.1 Å². The van der Waals surface area contributed by atoms with Gasteiger partial charge in [-0.2, -0.15) is 13.2 Å². The zero-order chi connectivity index (χ0) is 21.0. The number of thioether (sulfide) groups is 1. The van der Waals surface area contributed by atoms with Gasteiger partial charge in [0.25, 0.3) is 0 Å². The molecule has 2 aromatic carbocycles. The fourth-order valence-electron chi connectivity index (χ4n) is 2.41. The maximum absolute atomic E-state index is 13.0. The normalized spacial score (nSPS) is 12.6. The SMILES string of the molecule is CC(Sc1nnnn1Cc1ccccc1)C(=O)Nc1ccc(Cl)c(C(F)(F)F)c1. The molecule has 0 fully saturated rings. The van der Waals surface area contributed by atoms with Crippen LogP contribution in [-0.2, 0) is 17.5 Å². The standard InChI is InChI=1S/C18H15ClF3N5OS/c1-11(16(28)23-13-7-8-15(19)14(9-13)18(20,21)22)29-17-24-25-26-27(17)10-12-5-3-2-4-6-12/h2-9,11H,10H2,1H3,(H,23,28). The van der Waals surface area contributed by atoms with Gasteiger partial charge in [-0.3, -0.25) is 4.79 Å². The average molecular weight is 442 g/mol. The van der Waals surface area contributed by atoms with Crippen LogP contribution in [0.15, 0.2) is 53.7 Å². The maximum atomic E-state index is 13.0. The van der Waals surface area contributed by atoms with E-state index in [1.54, 1.807) is 11.6 Å². The molecule has 1 amide bonds. The molecule has 6 nitrogen and oxygen atoms in total. The van der Waals surface area contributed by atoms with Crippen LogP contribution in [0, 0.1) is 0 Å². The molecule has 0 aliphatic heterocycles. The Labute approximate surface area is 173 Å². The van der Waals surface area contributed by atoms with E-state index < -0.39 is 27.9 Å². The molecule has 11 heteroatoms. The highest BCUT2D eigenvalue weighted by atomic mass is 35.5. The highest BCUT2D eigenvalue weighted by Gasteiger charge is 2.33. The van der Waals surface area contributed by atoms with Gasteiger partial charge < -0.3 is 5.32 Å². The maximum Gasteiger partial charge on any atom is 0.417 e. The van der Waals surface area contributed by atoms with Crippen LogP contribution >= 0.6 is 23.4 Å². The number of carbonyl (C=O) groups is 1. The van der Waals surface area contributed by atoms with Gasteiger partial charge in [0.15, 0.2) is 0 Å². The molecule has 3 rings (SSSR count). The van der Waals surface area contributed by atoms with Crippen molar-refractivity contribution in [2.24, 2.45) is 0 Å². The summed E-state index contributed by atoms with van der Waals surface area (Å²) < 4.78 is 40.5. The van der Waals surface area contributed by atoms with E-state index in [0.717, 1.165) is 29.5 Å². The molecule has 1 N–H and O–H groups in total. The van der Waals surface area contributed by atoms with E-state index in [0.29, 0.717) is 11.7 Å². The zero-order valence-electron chi connectivity index (χ0n) is 15.0. The van der Waals surface area contributed by atoms with Crippen molar-refractivity contribution < 1.29 is 18.0 Å². The van der Waals surface area contributed by atoms with Gasteiger partial charge in [0, 0.05) is 5.69 Å². The van der Waals surface area contributed by atoms with Crippen LogP contribution in [0.4, 0.5) is 18.9 Å². The van der Waals surface area contributed by atoms with Crippen molar-refractivity contribution in [3.8, 4) is 0 Å². The number of hydrogen-bond donors (Lipinski definition) is 1. The lowest BCUT2D eigenvalue weighted by Crippen LogP contribution is -2.23. The second kappa shape index (κ2) is 8.83. The molecule has 152 valence electrons. The van der Waals surface area contributed by atoms with E-state index in [1.165, 1.54) is 6.07 Å². The minimum Gasteiger partial charge on any atom is -0.325 e. The van der Waals surface area contributed by atoms with Crippen LogP contribution in [0.3, 0.4) is 0 Å². The van der Waals surface area contributed by atoms with E-state index in [9.17, 15) is 18.0 Å². The summed E-state index contributed by atoms with van der Waals surface area (Å²) in [4.78, 5) is 12.4. The monoisotopic (exact) mass is 441 g/mol. The summed E-state index contributed by atoms with van der Waals surface area (Å²) in [7, 11) is 0. The second-order valence-corrected chi connectivity index (χ2v) is 7.76. The van der Waals surface area contributed by atoms with Gasteiger partial charge in [0.2, 0.25) is 11.1 Å². The van der Waals surface area contributed by atoms with Crippen molar-refractivity contribution in [2.75, 3.05) is 5.32 Å². The Hall–Kier alpha value is -2.59. The smallest absolute Gasteiger partial charge is 0.325 e. The lowest BCUT2D eigenvalue weighted by atomic mass is 10.2. The predicted octanol–water partition coefficient (Wildman–Crippen LogP) is 4.51. The molecule has 0 aliphatic carbocycles. The number of benzene rings is 2. The van der Waals surface area contributed by atoms with Crippen molar-refractivity contribution in [1.82, 2.24) is 20.2 Å². The van der Waals surface area contributed by atoms with Gasteiger partial charge in [-0.15, -0.1) is 5.10 Å². The van der Waals surface area contributed by atoms with E-state index in [2.05, 4.69) is 20.8 Å². The van der Waals surface area contributed by atoms with E-state index in [4.69, 9.17) is 11.6 Å². The molecular weight excluding hydrogens is 427 g/mol. The van der Waals surface area contributed by atoms with Crippen LogP contribution in [0.5, 0.6) is 0 Å². The number of hydrogen-bond acceptors (Lipinski definition) is 5. The summed E-state index contributed by atoms with van der Waals surface area (Å²) in [5.74, 6) is -0.486. The summed E-state index contributed by atoms with van der Waals surface area (Å²) in [6.07, 6.45) is -4.61. The fraction of sp³-hybridized carbons (Fsp3) is 0.222. The van der Waals surface area contributed by atoms with Gasteiger partial charge in [-0.05, 0) is 41.1 Å². The van der Waals surface area contributed by atoms with Crippen LogP contribution in [-0.4, -0.2) is 31.4 Å². The third-order valence-corrected chi connectivity index (χ3v) is 5.27. The summed E-state index contributed by atoms with van der Waals surface area (Å²) >= 11 is 6.70. The molecule has 1 atom stereocenters. The number of aromatic nitrogens is 4. The quantitative estimate of drug-likeness (QED) is 0.570. The molecule has 0 saturated carbocycles. The van der Waals surface area contributed by atoms with E-state index >= 15 is 0 Å². The number of amides is 1. The van der Waals surface area contributed by atoms with Crippen LogP contribution < -0.4 is 5.32 Å². The number of tetrazole rings is 1. The highest BCUT2D eigenvalue weighted by molar-refractivity contribution is 8.00. The largest absolute Gasteiger partial charge is 0.417 e. The van der Waals surface area contributed by atoms with Crippen molar-refractivity contribution >= 4 is 35.0 Å². The second-order valence-electron chi connectivity index (χ2n) is 6.05. The fourth-order valence-corrected chi connectivity index (χ4v) is 3.43. The molecule has 0 aliphatic rings. The number of rotatable bonds is 6. The zero-order valence-corrected chi connectivity index (χ0v) is 16.6. The number of nitrogens with one attached hydrogen (secondary N) is 1. The van der Waals surface area contributed by atoms with E-state index in [1.807, 2.05) is 30.3 Å². The molecule has 0 saturated heterocycles. The average Bonchev–Trinajstić information content (AvgIpc) is 3.09. The number of halogens is 4. The first-order chi connectivity index (χ1) is 13.7. The van der Waals surface area contributed by atoms with Crippen molar-refractivity contribution in [1.29, 1.82) is 0 Å². The van der Waals surface area contributed by atoms with Crippen molar-refractivity contribution in [3.63, 3.8) is 0 Å². The first kappa shape index (κ1) is 21.1. The Kier molecular flexibility index (Phi) is 6.43. The Morgan fingerprint density at radius 3 is 2.66 bits per heavy atom. The minimum atomic E-state index is -4.61. The number of anilines is 1. The number of nitrogens with zero attached hydrogens (tertiary/aromatic N) is 4. The Morgan fingerprint density at radius 2 is 1.97 bits per heavy atom. The number of carbonyl (C=O) groups excluding carboxylic acids is 1. The summed E-state index contributed by atoms with van der Waals surface area (Å²) in [5, 5.41) is 13.3. The van der Waals surface area contributed by atoms with Crippen molar-refractivity contribution in [3.05, 3.63) is 64.7 Å². The lowest BCUT2D eigenvalue weighted by Gasteiger charge is -2.14. The Morgan fingerprint density at radius 1 is 1.24 bits per heavy atom. The molecule has 1 aromatic heterocycles. The molecule has 0 radical (unpaired) electrons. The van der Waals surface area contributed by atoms with Gasteiger partial charge in [-0.1, -0.05) is 53.7 Å². The molecule has 29 heavy (non-hydrogen) atoms. The minimum absolute atomic E-state index is 0.00283. The van der Waals surface area contributed by atoms with Crippen LogP contribution in [0.25, 0.3) is 0 Å². The number of alkyl halides is 3. The summed E-state index contributed by atoms with van der Waals surface area (Å²) in [5.41, 5.74) is -0.0215. The van der Waals surface area contributed by atoms with Crippen LogP contribution in [0.2, 0.25) is 5.02 Å². The topological polar surface area (TPSA) is 72.7 Å². The van der Waals surface area contributed by atoms with Gasteiger partial charge >= 0.3 is 6.18 Å². The molecule has 1 heterocycles. The van der Waals surface area contributed by atoms with E-state index in [-0.39, 0.29) is 5.69 Å². The first-order valence-corrected chi connectivity index (χ1v) is 9.64. The lowest BCUT2D eigenvalue weighted by molar-refractivity contribution is -0.137. The molecule has 1 unspecified atom stereocenters. The molecular formula is C18H15ClF3N5OS. The van der Waals surface area contributed by atoms with Gasteiger partial charge in [-0.25, -0.2) is 4.68 Å². The van der Waals surface area contributed by atoms with Gasteiger partial charge in [0.1, 0.15) is 0 Å².